The zero-order chi connectivity index (χ0) is 7.94. The molecule has 0 saturated carbocycles. The van der Waals surface area contributed by atoms with Crippen LogP contribution in [0.15, 0.2) is 30.6 Å². The van der Waals surface area contributed by atoms with Crippen LogP contribution in [-0.4, -0.2) is 11.7 Å². The van der Waals surface area contributed by atoms with Crippen molar-refractivity contribution in [3.63, 3.8) is 0 Å². The van der Waals surface area contributed by atoms with E-state index in [9.17, 15) is 4.39 Å². The summed E-state index contributed by atoms with van der Waals surface area (Å²) in [4.78, 5) is 3.87. The molecule has 0 spiro atoms. The van der Waals surface area contributed by atoms with Gasteiger partial charge in [0.2, 0.25) is 0 Å². The number of rotatable bonds is 3. The first-order valence-corrected chi connectivity index (χ1v) is 3.56. The Labute approximate surface area is 65.6 Å². The van der Waals surface area contributed by atoms with Crippen LogP contribution in [0, 0.1) is 0 Å². The largest absolute Gasteiger partial charge is 0.265 e. The predicted molar refractivity (Wildman–Crippen MR) is 43.9 cm³/mol. The summed E-state index contributed by atoms with van der Waals surface area (Å²) >= 11 is 0. The van der Waals surface area contributed by atoms with Gasteiger partial charge in [-0.25, -0.2) is 0 Å². The van der Waals surface area contributed by atoms with E-state index in [4.69, 9.17) is 0 Å². The second-order valence-corrected chi connectivity index (χ2v) is 2.16. The standard InChI is InChI=1S/C9H10FN/c10-6-2-1-3-9-4-7-11-8-5-9/h1,3-5,7-8H,2,6H2. The summed E-state index contributed by atoms with van der Waals surface area (Å²) in [6, 6.07) is 3.77. The highest BCUT2D eigenvalue weighted by molar-refractivity contribution is 5.47. The minimum atomic E-state index is -0.290. The lowest BCUT2D eigenvalue weighted by atomic mass is 10.2. The molecule has 11 heavy (non-hydrogen) atoms. The van der Waals surface area contributed by atoms with Crippen molar-refractivity contribution in [2.24, 2.45) is 0 Å². The van der Waals surface area contributed by atoms with Crippen molar-refractivity contribution in [2.75, 3.05) is 6.67 Å². The Morgan fingerprint density at radius 1 is 1.36 bits per heavy atom. The number of aromatic nitrogens is 1. The molecule has 0 N–H and O–H groups in total. The van der Waals surface area contributed by atoms with Crippen LogP contribution in [0.3, 0.4) is 0 Å². The quantitative estimate of drug-likeness (QED) is 0.646. The minimum absolute atomic E-state index is 0.290. The SMILES string of the molecule is FCCC=Cc1ccncc1. The maximum absolute atomic E-state index is 11.6. The van der Waals surface area contributed by atoms with Crippen LogP contribution >= 0.6 is 0 Å². The van der Waals surface area contributed by atoms with Gasteiger partial charge in [-0.1, -0.05) is 12.2 Å². The molecule has 1 aromatic rings. The lowest BCUT2D eigenvalue weighted by Crippen LogP contribution is -1.73. The molecule has 58 valence electrons. The van der Waals surface area contributed by atoms with E-state index < -0.39 is 0 Å². The number of hydrogen-bond donors (Lipinski definition) is 0. The smallest absolute Gasteiger partial charge is 0.0928 e. The Morgan fingerprint density at radius 3 is 2.73 bits per heavy atom. The Hall–Kier alpha value is -1.18. The molecule has 0 saturated heterocycles. The van der Waals surface area contributed by atoms with Crippen molar-refractivity contribution in [1.29, 1.82) is 0 Å². The monoisotopic (exact) mass is 151 g/mol. The average Bonchev–Trinajstić information content (AvgIpc) is 2.07. The van der Waals surface area contributed by atoms with Crippen molar-refractivity contribution >= 4 is 6.08 Å². The first kappa shape index (κ1) is 7.92. The van der Waals surface area contributed by atoms with Gasteiger partial charge in [0.1, 0.15) is 0 Å². The molecule has 2 heteroatoms. The number of halogens is 1. The van der Waals surface area contributed by atoms with E-state index in [0.29, 0.717) is 6.42 Å². The molecule has 0 fully saturated rings. The molecular weight excluding hydrogens is 141 g/mol. The number of nitrogens with zero attached hydrogens (tertiary/aromatic N) is 1. The summed E-state index contributed by atoms with van der Waals surface area (Å²) in [5.74, 6) is 0. The molecule has 0 atom stereocenters. The fraction of sp³-hybridized carbons (Fsp3) is 0.222. The van der Waals surface area contributed by atoms with Crippen LogP contribution < -0.4 is 0 Å². The molecular formula is C9H10FN. The van der Waals surface area contributed by atoms with Crippen molar-refractivity contribution in [3.8, 4) is 0 Å². The number of hydrogen-bond acceptors (Lipinski definition) is 1. The highest BCUT2D eigenvalue weighted by atomic mass is 19.1. The van der Waals surface area contributed by atoms with E-state index in [1.807, 2.05) is 24.3 Å². The third-order valence-electron chi connectivity index (χ3n) is 1.29. The Morgan fingerprint density at radius 2 is 2.09 bits per heavy atom. The molecule has 0 aliphatic rings. The van der Waals surface area contributed by atoms with Crippen molar-refractivity contribution < 1.29 is 4.39 Å². The molecule has 1 heterocycles. The molecule has 0 bridgehead atoms. The zero-order valence-corrected chi connectivity index (χ0v) is 6.20. The minimum Gasteiger partial charge on any atom is -0.265 e. The number of pyridine rings is 1. The van der Waals surface area contributed by atoms with E-state index in [-0.39, 0.29) is 6.67 Å². The highest BCUT2D eigenvalue weighted by Crippen LogP contribution is 1.99. The Bertz CT molecular complexity index is 218. The van der Waals surface area contributed by atoms with Gasteiger partial charge in [0.25, 0.3) is 0 Å². The average molecular weight is 151 g/mol. The third-order valence-corrected chi connectivity index (χ3v) is 1.29. The van der Waals surface area contributed by atoms with Gasteiger partial charge in [-0.3, -0.25) is 9.37 Å². The molecule has 1 nitrogen and oxygen atoms in total. The summed E-state index contributed by atoms with van der Waals surface area (Å²) in [6.07, 6.45) is 7.63. The Balaban J connectivity index is 2.50. The molecule has 0 aromatic carbocycles. The van der Waals surface area contributed by atoms with Crippen molar-refractivity contribution in [1.82, 2.24) is 4.98 Å². The van der Waals surface area contributed by atoms with E-state index >= 15 is 0 Å². The summed E-state index contributed by atoms with van der Waals surface area (Å²) < 4.78 is 11.6. The molecule has 0 unspecified atom stereocenters. The lowest BCUT2D eigenvalue weighted by molar-refractivity contribution is 0.501. The molecule has 0 aliphatic carbocycles. The fourth-order valence-corrected chi connectivity index (χ4v) is 0.757. The second kappa shape index (κ2) is 4.61. The normalized spacial score (nSPS) is 10.6. The molecule has 1 rings (SSSR count). The first-order valence-electron chi connectivity index (χ1n) is 3.56. The summed E-state index contributed by atoms with van der Waals surface area (Å²) in [7, 11) is 0. The highest BCUT2D eigenvalue weighted by Gasteiger charge is 1.81. The van der Waals surface area contributed by atoms with Gasteiger partial charge < -0.3 is 0 Å². The lowest BCUT2D eigenvalue weighted by Gasteiger charge is -1.88. The molecule has 1 aromatic heterocycles. The fourth-order valence-electron chi connectivity index (χ4n) is 0.757. The van der Waals surface area contributed by atoms with Crippen LogP contribution in [0.4, 0.5) is 4.39 Å². The molecule has 0 amide bonds. The van der Waals surface area contributed by atoms with Crippen molar-refractivity contribution in [3.05, 3.63) is 36.2 Å². The maximum atomic E-state index is 11.6. The summed E-state index contributed by atoms with van der Waals surface area (Å²) in [6.45, 7) is -0.290. The first-order chi connectivity index (χ1) is 5.43. The predicted octanol–water partition coefficient (Wildman–Crippen LogP) is 2.45. The molecule has 0 radical (unpaired) electrons. The summed E-state index contributed by atoms with van der Waals surface area (Å²) in [5.41, 5.74) is 1.06. The van der Waals surface area contributed by atoms with Gasteiger partial charge >= 0.3 is 0 Å². The maximum Gasteiger partial charge on any atom is 0.0928 e. The van der Waals surface area contributed by atoms with Gasteiger partial charge in [0, 0.05) is 12.4 Å². The second-order valence-electron chi connectivity index (χ2n) is 2.16. The number of alkyl halides is 1. The van der Waals surface area contributed by atoms with Gasteiger partial charge in [-0.2, -0.15) is 0 Å². The molecule has 0 aliphatic heterocycles. The number of allylic oxidation sites excluding steroid dienone is 1. The topological polar surface area (TPSA) is 12.9 Å². The van der Waals surface area contributed by atoms with E-state index in [1.165, 1.54) is 0 Å². The van der Waals surface area contributed by atoms with E-state index in [1.54, 1.807) is 12.4 Å². The van der Waals surface area contributed by atoms with E-state index in [2.05, 4.69) is 4.98 Å². The Kier molecular flexibility index (Phi) is 3.32. The van der Waals surface area contributed by atoms with Crippen LogP contribution in [0.25, 0.3) is 6.08 Å². The zero-order valence-electron chi connectivity index (χ0n) is 6.20. The van der Waals surface area contributed by atoms with Gasteiger partial charge in [-0.15, -0.1) is 0 Å². The van der Waals surface area contributed by atoms with Gasteiger partial charge in [-0.05, 0) is 24.1 Å². The van der Waals surface area contributed by atoms with Crippen molar-refractivity contribution in [2.45, 2.75) is 6.42 Å². The van der Waals surface area contributed by atoms with Crippen LogP contribution in [0.5, 0.6) is 0 Å². The van der Waals surface area contributed by atoms with E-state index in [0.717, 1.165) is 5.56 Å². The summed E-state index contributed by atoms with van der Waals surface area (Å²) in [5, 5.41) is 0. The van der Waals surface area contributed by atoms with Crippen LogP contribution in [-0.2, 0) is 0 Å². The third kappa shape index (κ3) is 2.94. The van der Waals surface area contributed by atoms with Gasteiger partial charge in [0.15, 0.2) is 0 Å². The van der Waals surface area contributed by atoms with Crippen LogP contribution in [0.1, 0.15) is 12.0 Å². The van der Waals surface area contributed by atoms with Gasteiger partial charge in [0.05, 0.1) is 6.67 Å². The van der Waals surface area contributed by atoms with Crippen LogP contribution in [0.2, 0.25) is 0 Å².